The van der Waals surface area contributed by atoms with Crippen molar-refractivity contribution >= 4 is 5.91 Å². The van der Waals surface area contributed by atoms with Gasteiger partial charge >= 0.3 is 0 Å². The molecule has 0 fully saturated rings. The standard InChI is InChI=1S/C12H20N2O2/c1-9(10-6-5-7-16-10)14-8-12(2,3)11(15)13-4/h5-7,9,14H,8H2,1-4H3,(H,13,15). The zero-order valence-corrected chi connectivity index (χ0v) is 10.3. The van der Waals surface area contributed by atoms with Crippen LogP contribution in [0.5, 0.6) is 0 Å². The number of hydrogen-bond acceptors (Lipinski definition) is 3. The van der Waals surface area contributed by atoms with Gasteiger partial charge in [0.15, 0.2) is 0 Å². The van der Waals surface area contributed by atoms with Crippen LogP contribution >= 0.6 is 0 Å². The Morgan fingerprint density at radius 3 is 2.75 bits per heavy atom. The van der Waals surface area contributed by atoms with Crippen LogP contribution in [-0.4, -0.2) is 19.5 Å². The summed E-state index contributed by atoms with van der Waals surface area (Å²) in [7, 11) is 1.65. The largest absolute Gasteiger partial charge is 0.468 e. The van der Waals surface area contributed by atoms with E-state index in [0.29, 0.717) is 6.54 Å². The maximum absolute atomic E-state index is 11.6. The van der Waals surface area contributed by atoms with Gasteiger partial charge in [0.1, 0.15) is 5.76 Å². The topological polar surface area (TPSA) is 54.3 Å². The molecule has 16 heavy (non-hydrogen) atoms. The average molecular weight is 224 g/mol. The molecular weight excluding hydrogens is 204 g/mol. The van der Waals surface area contributed by atoms with Crippen molar-refractivity contribution < 1.29 is 9.21 Å². The van der Waals surface area contributed by atoms with Gasteiger partial charge in [-0.2, -0.15) is 0 Å². The van der Waals surface area contributed by atoms with E-state index in [-0.39, 0.29) is 11.9 Å². The predicted octanol–water partition coefficient (Wildman–Crippen LogP) is 1.70. The molecule has 0 radical (unpaired) electrons. The van der Waals surface area contributed by atoms with E-state index in [4.69, 9.17) is 4.42 Å². The number of hydrogen-bond donors (Lipinski definition) is 2. The van der Waals surface area contributed by atoms with Gasteiger partial charge in [-0.05, 0) is 32.9 Å². The van der Waals surface area contributed by atoms with Crippen molar-refractivity contribution in [1.82, 2.24) is 10.6 Å². The Morgan fingerprint density at radius 2 is 2.25 bits per heavy atom. The van der Waals surface area contributed by atoms with Crippen LogP contribution in [0, 0.1) is 5.41 Å². The molecule has 4 nitrogen and oxygen atoms in total. The van der Waals surface area contributed by atoms with E-state index in [2.05, 4.69) is 10.6 Å². The quantitative estimate of drug-likeness (QED) is 0.800. The lowest BCUT2D eigenvalue weighted by molar-refractivity contribution is -0.128. The second-order valence-corrected chi connectivity index (χ2v) is 4.58. The summed E-state index contributed by atoms with van der Waals surface area (Å²) < 4.78 is 5.28. The summed E-state index contributed by atoms with van der Waals surface area (Å²) in [4.78, 5) is 11.6. The highest BCUT2D eigenvalue weighted by atomic mass is 16.3. The third-order valence-corrected chi connectivity index (χ3v) is 2.66. The minimum atomic E-state index is -0.421. The molecule has 0 spiro atoms. The molecule has 1 unspecified atom stereocenters. The molecule has 1 amide bonds. The van der Waals surface area contributed by atoms with Gasteiger partial charge < -0.3 is 15.1 Å². The molecule has 1 rings (SSSR count). The lowest BCUT2D eigenvalue weighted by Crippen LogP contribution is -2.42. The SMILES string of the molecule is CNC(=O)C(C)(C)CNC(C)c1ccco1. The van der Waals surface area contributed by atoms with Crippen LogP contribution < -0.4 is 10.6 Å². The summed E-state index contributed by atoms with van der Waals surface area (Å²) >= 11 is 0. The van der Waals surface area contributed by atoms with E-state index in [9.17, 15) is 4.79 Å². The van der Waals surface area contributed by atoms with Gasteiger partial charge in [0.25, 0.3) is 0 Å². The van der Waals surface area contributed by atoms with Crippen molar-refractivity contribution in [2.75, 3.05) is 13.6 Å². The zero-order chi connectivity index (χ0) is 12.2. The Balaban J connectivity index is 2.48. The first-order valence-corrected chi connectivity index (χ1v) is 5.46. The molecule has 0 aliphatic rings. The second-order valence-electron chi connectivity index (χ2n) is 4.58. The van der Waals surface area contributed by atoms with Gasteiger partial charge in [0.05, 0.1) is 17.7 Å². The first-order valence-electron chi connectivity index (χ1n) is 5.46. The fourth-order valence-electron chi connectivity index (χ4n) is 1.47. The van der Waals surface area contributed by atoms with Crippen molar-refractivity contribution in [3.05, 3.63) is 24.2 Å². The summed E-state index contributed by atoms with van der Waals surface area (Å²) in [5, 5.41) is 5.95. The van der Waals surface area contributed by atoms with Crippen molar-refractivity contribution in [2.45, 2.75) is 26.8 Å². The van der Waals surface area contributed by atoms with Gasteiger partial charge in [-0.3, -0.25) is 4.79 Å². The van der Waals surface area contributed by atoms with Crippen molar-refractivity contribution in [3.8, 4) is 0 Å². The molecule has 0 aliphatic heterocycles. The lowest BCUT2D eigenvalue weighted by Gasteiger charge is -2.24. The van der Waals surface area contributed by atoms with E-state index in [1.54, 1.807) is 13.3 Å². The van der Waals surface area contributed by atoms with E-state index < -0.39 is 5.41 Å². The van der Waals surface area contributed by atoms with E-state index in [1.807, 2.05) is 32.9 Å². The molecule has 0 saturated carbocycles. The van der Waals surface area contributed by atoms with Crippen LogP contribution in [0.15, 0.2) is 22.8 Å². The minimum Gasteiger partial charge on any atom is -0.468 e. The predicted molar refractivity (Wildman–Crippen MR) is 63.0 cm³/mol. The summed E-state index contributed by atoms with van der Waals surface area (Å²) in [6, 6.07) is 3.89. The minimum absolute atomic E-state index is 0.0339. The highest BCUT2D eigenvalue weighted by Crippen LogP contribution is 2.17. The lowest BCUT2D eigenvalue weighted by atomic mass is 9.92. The van der Waals surface area contributed by atoms with Crippen LogP contribution in [-0.2, 0) is 4.79 Å². The number of furan rings is 1. The van der Waals surface area contributed by atoms with Gasteiger partial charge in [-0.25, -0.2) is 0 Å². The van der Waals surface area contributed by atoms with E-state index in [1.165, 1.54) is 0 Å². The van der Waals surface area contributed by atoms with Crippen molar-refractivity contribution in [2.24, 2.45) is 5.41 Å². The molecule has 1 aromatic heterocycles. The molecule has 4 heteroatoms. The number of nitrogens with one attached hydrogen (secondary N) is 2. The number of rotatable bonds is 5. The molecule has 1 aromatic rings. The highest BCUT2D eigenvalue weighted by molar-refractivity contribution is 5.81. The summed E-state index contributed by atoms with van der Waals surface area (Å²) in [6.45, 7) is 6.44. The number of carbonyl (C=O) groups is 1. The first kappa shape index (κ1) is 12.8. The van der Waals surface area contributed by atoms with Gasteiger partial charge in [-0.1, -0.05) is 0 Å². The van der Waals surface area contributed by atoms with Crippen molar-refractivity contribution in [3.63, 3.8) is 0 Å². The number of amides is 1. The Labute approximate surface area is 96.4 Å². The molecule has 90 valence electrons. The molecular formula is C12H20N2O2. The highest BCUT2D eigenvalue weighted by Gasteiger charge is 2.27. The Hall–Kier alpha value is -1.29. The van der Waals surface area contributed by atoms with Gasteiger partial charge in [-0.15, -0.1) is 0 Å². The Bertz CT molecular complexity index is 331. The molecule has 1 atom stereocenters. The normalized spacial score (nSPS) is 13.5. The van der Waals surface area contributed by atoms with Crippen LogP contribution in [0.25, 0.3) is 0 Å². The fraction of sp³-hybridized carbons (Fsp3) is 0.583. The molecule has 0 aliphatic carbocycles. The third kappa shape index (κ3) is 3.10. The second kappa shape index (κ2) is 5.16. The maximum atomic E-state index is 11.6. The fourth-order valence-corrected chi connectivity index (χ4v) is 1.47. The van der Waals surface area contributed by atoms with E-state index in [0.717, 1.165) is 5.76 Å². The zero-order valence-electron chi connectivity index (χ0n) is 10.3. The number of carbonyl (C=O) groups excluding carboxylic acids is 1. The first-order chi connectivity index (χ1) is 7.47. The summed E-state index contributed by atoms with van der Waals surface area (Å²) in [5.74, 6) is 0.916. The smallest absolute Gasteiger partial charge is 0.226 e. The molecule has 0 saturated heterocycles. The monoisotopic (exact) mass is 224 g/mol. The van der Waals surface area contributed by atoms with E-state index >= 15 is 0 Å². The van der Waals surface area contributed by atoms with Crippen LogP contribution in [0.4, 0.5) is 0 Å². The molecule has 0 bridgehead atoms. The van der Waals surface area contributed by atoms with Crippen molar-refractivity contribution in [1.29, 1.82) is 0 Å². The Kier molecular flexibility index (Phi) is 4.12. The maximum Gasteiger partial charge on any atom is 0.226 e. The van der Waals surface area contributed by atoms with Crippen LogP contribution in [0.1, 0.15) is 32.6 Å². The average Bonchev–Trinajstić information content (AvgIpc) is 2.78. The van der Waals surface area contributed by atoms with Gasteiger partial charge in [0, 0.05) is 13.6 Å². The summed E-state index contributed by atoms with van der Waals surface area (Å²) in [6.07, 6.45) is 1.65. The molecule has 1 heterocycles. The van der Waals surface area contributed by atoms with Crippen LogP contribution in [0.3, 0.4) is 0 Å². The summed E-state index contributed by atoms with van der Waals surface area (Å²) in [5.41, 5.74) is -0.421. The van der Waals surface area contributed by atoms with Crippen LogP contribution in [0.2, 0.25) is 0 Å². The molecule has 2 N–H and O–H groups in total. The Morgan fingerprint density at radius 1 is 1.56 bits per heavy atom. The third-order valence-electron chi connectivity index (χ3n) is 2.66. The van der Waals surface area contributed by atoms with Gasteiger partial charge in [0.2, 0.25) is 5.91 Å². The molecule has 0 aromatic carbocycles.